The summed E-state index contributed by atoms with van der Waals surface area (Å²) in [5.74, 6) is 0. The quantitative estimate of drug-likeness (QED) is 0.662. The number of hydroxylamine groups is 2. The van der Waals surface area contributed by atoms with Crippen LogP contribution in [0.15, 0.2) is 11.3 Å². The first-order chi connectivity index (χ1) is 5.29. The zero-order chi connectivity index (χ0) is 8.27. The lowest BCUT2D eigenvalue weighted by atomic mass is 10.00. The van der Waals surface area contributed by atoms with Gasteiger partial charge in [-0.2, -0.15) is 0 Å². The van der Waals surface area contributed by atoms with E-state index in [9.17, 15) is 5.21 Å². The summed E-state index contributed by atoms with van der Waals surface area (Å²) < 4.78 is 0. The van der Waals surface area contributed by atoms with E-state index in [4.69, 9.17) is 0 Å². The largest absolute Gasteiger partial charge is 0.289 e. The molecule has 0 atom stereocenters. The highest BCUT2D eigenvalue weighted by atomic mass is 16.5. The molecule has 0 aromatic heterocycles. The molecule has 0 spiro atoms. The SMILES string of the molecule is CCC1=C(CC)N(O)CCC1. The minimum Gasteiger partial charge on any atom is -0.289 e. The highest BCUT2D eigenvalue weighted by Crippen LogP contribution is 2.24. The van der Waals surface area contributed by atoms with Gasteiger partial charge < -0.3 is 0 Å². The maximum absolute atomic E-state index is 9.45. The van der Waals surface area contributed by atoms with Crippen LogP contribution in [-0.4, -0.2) is 16.8 Å². The molecule has 0 saturated heterocycles. The third-order valence-corrected chi connectivity index (χ3v) is 2.33. The second-order valence-corrected chi connectivity index (χ2v) is 2.98. The molecule has 2 heteroatoms. The predicted octanol–water partition coefficient (Wildman–Crippen LogP) is 2.55. The molecule has 0 fully saturated rings. The van der Waals surface area contributed by atoms with E-state index < -0.39 is 0 Å². The van der Waals surface area contributed by atoms with Crippen molar-refractivity contribution < 1.29 is 5.21 Å². The second-order valence-electron chi connectivity index (χ2n) is 2.98. The molecule has 0 aromatic rings. The first kappa shape index (κ1) is 8.60. The fourth-order valence-electron chi connectivity index (χ4n) is 1.72. The lowest BCUT2D eigenvalue weighted by Gasteiger charge is -2.27. The van der Waals surface area contributed by atoms with E-state index in [1.54, 1.807) is 0 Å². The monoisotopic (exact) mass is 155 g/mol. The van der Waals surface area contributed by atoms with Crippen LogP contribution >= 0.6 is 0 Å². The Labute approximate surface area is 68.5 Å². The van der Waals surface area contributed by atoms with Crippen molar-refractivity contribution in [1.29, 1.82) is 0 Å². The molecular formula is C9H17NO. The molecule has 0 unspecified atom stereocenters. The van der Waals surface area contributed by atoms with Gasteiger partial charge in [-0.1, -0.05) is 13.8 Å². The third-order valence-electron chi connectivity index (χ3n) is 2.33. The Morgan fingerprint density at radius 2 is 2.09 bits per heavy atom. The van der Waals surface area contributed by atoms with Gasteiger partial charge in [0.1, 0.15) is 0 Å². The molecule has 1 aliphatic heterocycles. The molecule has 0 aliphatic carbocycles. The van der Waals surface area contributed by atoms with Gasteiger partial charge in [0.15, 0.2) is 0 Å². The van der Waals surface area contributed by atoms with E-state index >= 15 is 0 Å². The summed E-state index contributed by atoms with van der Waals surface area (Å²) in [5, 5.41) is 10.9. The average molecular weight is 155 g/mol. The highest BCUT2D eigenvalue weighted by molar-refractivity contribution is 5.13. The topological polar surface area (TPSA) is 23.5 Å². The van der Waals surface area contributed by atoms with Gasteiger partial charge in [0, 0.05) is 12.2 Å². The van der Waals surface area contributed by atoms with Gasteiger partial charge in [0.2, 0.25) is 0 Å². The predicted molar refractivity (Wildman–Crippen MR) is 45.3 cm³/mol. The zero-order valence-corrected chi connectivity index (χ0v) is 7.43. The standard InChI is InChI=1S/C9H17NO/c1-3-8-6-5-7-10(11)9(8)4-2/h11H,3-7H2,1-2H3. The van der Waals surface area contributed by atoms with Crippen LogP contribution in [0.3, 0.4) is 0 Å². The normalized spacial score (nSPS) is 19.4. The number of hydrogen-bond donors (Lipinski definition) is 1. The van der Waals surface area contributed by atoms with E-state index in [1.807, 2.05) is 0 Å². The summed E-state index contributed by atoms with van der Waals surface area (Å²) in [6.07, 6.45) is 4.32. The van der Waals surface area contributed by atoms with Crippen LogP contribution in [0, 0.1) is 0 Å². The van der Waals surface area contributed by atoms with Gasteiger partial charge in [0.25, 0.3) is 0 Å². The van der Waals surface area contributed by atoms with E-state index in [1.165, 1.54) is 17.1 Å². The van der Waals surface area contributed by atoms with Crippen LogP contribution in [0.1, 0.15) is 39.5 Å². The summed E-state index contributed by atoms with van der Waals surface area (Å²) in [5.41, 5.74) is 2.58. The van der Waals surface area contributed by atoms with E-state index in [2.05, 4.69) is 13.8 Å². The van der Waals surface area contributed by atoms with Gasteiger partial charge in [-0.15, -0.1) is 0 Å². The van der Waals surface area contributed by atoms with Gasteiger partial charge in [0.05, 0.1) is 0 Å². The van der Waals surface area contributed by atoms with Crippen molar-refractivity contribution >= 4 is 0 Å². The molecule has 0 bridgehead atoms. The van der Waals surface area contributed by atoms with Crippen molar-refractivity contribution in [2.75, 3.05) is 6.54 Å². The third kappa shape index (κ3) is 1.74. The van der Waals surface area contributed by atoms with Crippen LogP contribution in [-0.2, 0) is 0 Å². The first-order valence-corrected chi connectivity index (χ1v) is 4.46. The molecule has 1 aliphatic rings. The molecule has 1 rings (SSSR count). The van der Waals surface area contributed by atoms with Crippen molar-refractivity contribution in [3.05, 3.63) is 11.3 Å². The average Bonchev–Trinajstić information content (AvgIpc) is 2.04. The van der Waals surface area contributed by atoms with Crippen LogP contribution in [0.25, 0.3) is 0 Å². The Bertz CT molecular complexity index is 163. The summed E-state index contributed by atoms with van der Waals surface area (Å²) in [7, 11) is 0. The van der Waals surface area contributed by atoms with Gasteiger partial charge in [-0.05, 0) is 31.3 Å². The molecule has 0 amide bonds. The van der Waals surface area contributed by atoms with Gasteiger partial charge >= 0.3 is 0 Å². The van der Waals surface area contributed by atoms with Crippen molar-refractivity contribution in [3.8, 4) is 0 Å². The minimum atomic E-state index is 0.812. The molecule has 0 saturated carbocycles. The Balaban J connectivity index is 2.77. The maximum atomic E-state index is 9.45. The van der Waals surface area contributed by atoms with Crippen LogP contribution < -0.4 is 0 Å². The second kappa shape index (κ2) is 3.77. The number of allylic oxidation sites excluding steroid dienone is 2. The van der Waals surface area contributed by atoms with Crippen LogP contribution in [0.2, 0.25) is 0 Å². The Morgan fingerprint density at radius 3 is 2.55 bits per heavy atom. The number of rotatable bonds is 2. The minimum absolute atomic E-state index is 0.812. The number of hydrogen-bond acceptors (Lipinski definition) is 2. The first-order valence-electron chi connectivity index (χ1n) is 4.46. The van der Waals surface area contributed by atoms with E-state index in [0.717, 1.165) is 31.5 Å². The lowest BCUT2D eigenvalue weighted by molar-refractivity contribution is -0.0652. The molecule has 1 heterocycles. The van der Waals surface area contributed by atoms with Crippen LogP contribution in [0.4, 0.5) is 0 Å². The van der Waals surface area contributed by atoms with E-state index in [-0.39, 0.29) is 0 Å². The molecule has 1 N–H and O–H groups in total. The number of nitrogens with zero attached hydrogens (tertiary/aromatic N) is 1. The molecule has 0 radical (unpaired) electrons. The molecule has 64 valence electrons. The molecular weight excluding hydrogens is 138 g/mol. The van der Waals surface area contributed by atoms with Gasteiger partial charge in [-0.3, -0.25) is 10.3 Å². The maximum Gasteiger partial charge on any atom is 0.0452 e. The summed E-state index contributed by atoms with van der Waals surface area (Å²) >= 11 is 0. The molecule has 0 aromatic carbocycles. The fraction of sp³-hybridized carbons (Fsp3) is 0.778. The Kier molecular flexibility index (Phi) is 2.94. The summed E-state index contributed by atoms with van der Waals surface area (Å²) in [6.45, 7) is 5.07. The lowest BCUT2D eigenvalue weighted by Crippen LogP contribution is -2.25. The van der Waals surface area contributed by atoms with Crippen molar-refractivity contribution in [2.45, 2.75) is 39.5 Å². The Hall–Kier alpha value is -0.500. The fourth-order valence-corrected chi connectivity index (χ4v) is 1.72. The highest BCUT2D eigenvalue weighted by Gasteiger charge is 2.14. The zero-order valence-electron chi connectivity index (χ0n) is 7.43. The summed E-state index contributed by atoms with van der Waals surface area (Å²) in [4.78, 5) is 0. The summed E-state index contributed by atoms with van der Waals surface area (Å²) in [6, 6.07) is 0. The molecule has 11 heavy (non-hydrogen) atoms. The van der Waals surface area contributed by atoms with Crippen molar-refractivity contribution in [2.24, 2.45) is 0 Å². The van der Waals surface area contributed by atoms with Gasteiger partial charge in [-0.25, -0.2) is 0 Å². The van der Waals surface area contributed by atoms with Crippen molar-refractivity contribution in [1.82, 2.24) is 5.06 Å². The van der Waals surface area contributed by atoms with E-state index in [0.29, 0.717) is 0 Å². The molecule has 2 nitrogen and oxygen atoms in total. The smallest absolute Gasteiger partial charge is 0.0452 e. The van der Waals surface area contributed by atoms with Crippen LogP contribution in [0.5, 0.6) is 0 Å². The Morgan fingerprint density at radius 1 is 1.36 bits per heavy atom. The van der Waals surface area contributed by atoms with Crippen molar-refractivity contribution in [3.63, 3.8) is 0 Å².